The summed E-state index contributed by atoms with van der Waals surface area (Å²) in [5.74, 6) is -0.197. The molecule has 2 fully saturated rings. The molecule has 1 aromatic rings. The van der Waals surface area contributed by atoms with E-state index in [0.717, 1.165) is 19.3 Å². The number of rotatable bonds is 3. The van der Waals surface area contributed by atoms with Crippen molar-refractivity contribution in [3.8, 4) is 0 Å². The van der Waals surface area contributed by atoms with E-state index in [1.54, 1.807) is 29.2 Å². The highest BCUT2D eigenvalue weighted by Gasteiger charge is 2.38. The Bertz CT molecular complexity index is 555. The minimum absolute atomic E-state index is 0.0498. The Morgan fingerprint density at radius 3 is 2.64 bits per heavy atom. The van der Waals surface area contributed by atoms with Gasteiger partial charge in [-0.1, -0.05) is 11.6 Å². The predicted molar refractivity (Wildman–Crippen MR) is 83.8 cm³/mol. The molecule has 0 aromatic heterocycles. The lowest BCUT2D eigenvalue weighted by molar-refractivity contribution is -0.144. The second-order valence-corrected chi connectivity index (χ2v) is 6.12. The first-order chi connectivity index (χ1) is 10.6. The molecule has 2 amide bonds. The van der Waals surface area contributed by atoms with Crippen LogP contribution in [0.25, 0.3) is 0 Å². The van der Waals surface area contributed by atoms with E-state index in [2.05, 4.69) is 5.32 Å². The standard InChI is InChI=1S/C16H19ClN2O3/c17-11-5-7-12(8-6-11)18-15(20)13-3-1-9-19(13)16(21)14-4-2-10-22-14/h5-8,13-14H,1-4,9-10H2,(H,18,20)/t13-,14?/m0/s1. The number of anilines is 1. The average Bonchev–Trinajstić information content (AvgIpc) is 3.20. The Hall–Kier alpha value is -1.59. The van der Waals surface area contributed by atoms with Crippen LogP contribution in [-0.4, -0.2) is 42.0 Å². The minimum atomic E-state index is -0.410. The van der Waals surface area contributed by atoms with E-state index in [1.165, 1.54) is 0 Å². The van der Waals surface area contributed by atoms with Crippen LogP contribution in [0.15, 0.2) is 24.3 Å². The van der Waals surface area contributed by atoms with Crippen LogP contribution in [0.2, 0.25) is 5.02 Å². The molecule has 3 rings (SSSR count). The van der Waals surface area contributed by atoms with Gasteiger partial charge in [0, 0.05) is 23.9 Å². The number of hydrogen-bond donors (Lipinski definition) is 1. The summed E-state index contributed by atoms with van der Waals surface area (Å²) in [6, 6.07) is 6.54. The molecule has 2 saturated heterocycles. The molecule has 0 spiro atoms. The van der Waals surface area contributed by atoms with E-state index in [9.17, 15) is 9.59 Å². The molecule has 1 aromatic carbocycles. The highest BCUT2D eigenvalue weighted by molar-refractivity contribution is 6.30. The Morgan fingerprint density at radius 1 is 1.18 bits per heavy atom. The Labute approximate surface area is 134 Å². The summed E-state index contributed by atoms with van der Waals surface area (Å²) in [4.78, 5) is 26.6. The second kappa shape index (κ2) is 6.67. The molecule has 0 radical (unpaired) electrons. The largest absolute Gasteiger partial charge is 0.368 e. The first-order valence-corrected chi connectivity index (χ1v) is 8.01. The van der Waals surface area contributed by atoms with E-state index in [1.807, 2.05) is 0 Å². The first-order valence-electron chi connectivity index (χ1n) is 7.63. The SMILES string of the molecule is O=C(Nc1ccc(Cl)cc1)[C@@H]1CCCN1C(=O)C1CCCO1. The summed E-state index contributed by atoms with van der Waals surface area (Å²) in [7, 11) is 0. The number of hydrogen-bond acceptors (Lipinski definition) is 3. The molecule has 5 nitrogen and oxygen atoms in total. The molecular formula is C16H19ClN2O3. The molecule has 2 aliphatic heterocycles. The first kappa shape index (κ1) is 15.3. The van der Waals surface area contributed by atoms with Crippen LogP contribution in [0.3, 0.4) is 0 Å². The zero-order valence-corrected chi connectivity index (χ0v) is 13.0. The van der Waals surface area contributed by atoms with E-state index in [4.69, 9.17) is 16.3 Å². The van der Waals surface area contributed by atoms with Crippen LogP contribution in [0.4, 0.5) is 5.69 Å². The number of benzene rings is 1. The Balaban J connectivity index is 1.65. The highest BCUT2D eigenvalue weighted by atomic mass is 35.5. The van der Waals surface area contributed by atoms with Gasteiger partial charge in [0.15, 0.2) is 0 Å². The van der Waals surface area contributed by atoms with Crippen LogP contribution in [0, 0.1) is 0 Å². The summed E-state index contributed by atoms with van der Waals surface area (Å²) in [5.41, 5.74) is 0.686. The summed E-state index contributed by atoms with van der Waals surface area (Å²) >= 11 is 5.83. The monoisotopic (exact) mass is 322 g/mol. The maximum atomic E-state index is 12.5. The maximum absolute atomic E-state index is 12.5. The molecule has 2 atom stereocenters. The number of carbonyl (C=O) groups is 2. The van der Waals surface area contributed by atoms with E-state index >= 15 is 0 Å². The number of halogens is 1. The van der Waals surface area contributed by atoms with Crippen molar-refractivity contribution in [2.45, 2.75) is 37.8 Å². The van der Waals surface area contributed by atoms with E-state index in [0.29, 0.717) is 30.3 Å². The zero-order chi connectivity index (χ0) is 15.5. The minimum Gasteiger partial charge on any atom is -0.368 e. The van der Waals surface area contributed by atoms with Gasteiger partial charge in [0.25, 0.3) is 5.91 Å². The predicted octanol–water partition coefficient (Wildman–Crippen LogP) is 2.45. The molecule has 6 heteroatoms. The lowest BCUT2D eigenvalue weighted by Crippen LogP contribution is -2.47. The topological polar surface area (TPSA) is 58.6 Å². The van der Waals surface area contributed by atoms with Gasteiger partial charge in [-0.25, -0.2) is 0 Å². The van der Waals surface area contributed by atoms with E-state index < -0.39 is 6.04 Å². The molecule has 0 saturated carbocycles. The summed E-state index contributed by atoms with van der Waals surface area (Å²) in [6.07, 6.45) is 2.82. The van der Waals surface area contributed by atoms with Crippen LogP contribution in [0.1, 0.15) is 25.7 Å². The third-order valence-electron chi connectivity index (χ3n) is 4.16. The average molecular weight is 323 g/mol. The number of ether oxygens (including phenoxy) is 1. The molecule has 22 heavy (non-hydrogen) atoms. The second-order valence-electron chi connectivity index (χ2n) is 5.69. The van der Waals surface area contributed by atoms with Crippen molar-refractivity contribution in [1.29, 1.82) is 0 Å². The van der Waals surface area contributed by atoms with Gasteiger partial charge in [0.1, 0.15) is 12.1 Å². The third kappa shape index (κ3) is 3.25. The Morgan fingerprint density at radius 2 is 1.95 bits per heavy atom. The number of nitrogens with one attached hydrogen (secondary N) is 1. The van der Waals surface area contributed by atoms with Crippen molar-refractivity contribution in [3.63, 3.8) is 0 Å². The van der Waals surface area contributed by atoms with Crippen molar-refractivity contribution in [2.24, 2.45) is 0 Å². The molecule has 1 unspecified atom stereocenters. The Kier molecular flexibility index (Phi) is 4.64. The van der Waals surface area contributed by atoms with Crippen LogP contribution in [0.5, 0.6) is 0 Å². The summed E-state index contributed by atoms with van der Waals surface area (Å²) in [5, 5.41) is 3.47. The number of likely N-dealkylation sites (tertiary alicyclic amines) is 1. The quantitative estimate of drug-likeness (QED) is 0.930. The molecular weight excluding hydrogens is 304 g/mol. The fourth-order valence-electron chi connectivity index (χ4n) is 3.02. The van der Waals surface area contributed by atoms with Crippen molar-refractivity contribution in [3.05, 3.63) is 29.3 Å². The van der Waals surface area contributed by atoms with Gasteiger partial charge in [-0.05, 0) is 49.9 Å². The smallest absolute Gasteiger partial charge is 0.252 e. The molecule has 0 bridgehead atoms. The fraction of sp³-hybridized carbons (Fsp3) is 0.500. The maximum Gasteiger partial charge on any atom is 0.252 e. The van der Waals surface area contributed by atoms with Gasteiger partial charge in [0.05, 0.1) is 0 Å². The number of amides is 2. The lowest BCUT2D eigenvalue weighted by Gasteiger charge is -2.26. The third-order valence-corrected chi connectivity index (χ3v) is 4.41. The van der Waals surface area contributed by atoms with Crippen LogP contribution >= 0.6 is 11.6 Å². The van der Waals surface area contributed by atoms with Gasteiger partial charge in [-0.15, -0.1) is 0 Å². The van der Waals surface area contributed by atoms with Crippen molar-refractivity contribution in [2.75, 3.05) is 18.5 Å². The molecule has 1 N–H and O–H groups in total. The molecule has 2 aliphatic rings. The van der Waals surface area contributed by atoms with Crippen molar-refractivity contribution < 1.29 is 14.3 Å². The lowest BCUT2D eigenvalue weighted by atomic mass is 10.1. The van der Waals surface area contributed by atoms with Gasteiger partial charge in [-0.3, -0.25) is 9.59 Å². The summed E-state index contributed by atoms with van der Waals surface area (Å²) in [6.45, 7) is 1.25. The van der Waals surface area contributed by atoms with Crippen molar-refractivity contribution >= 4 is 29.1 Å². The fourth-order valence-corrected chi connectivity index (χ4v) is 3.15. The van der Waals surface area contributed by atoms with Crippen LogP contribution < -0.4 is 5.32 Å². The number of nitrogens with zero attached hydrogens (tertiary/aromatic N) is 1. The van der Waals surface area contributed by atoms with Gasteiger partial charge >= 0.3 is 0 Å². The van der Waals surface area contributed by atoms with Crippen molar-refractivity contribution in [1.82, 2.24) is 4.90 Å². The molecule has 2 heterocycles. The molecule has 0 aliphatic carbocycles. The van der Waals surface area contributed by atoms with Gasteiger partial charge < -0.3 is 15.0 Å². The van der Waals surface area contributed by atoms with E-state index in [-0.39, 0.29) is 17.9 Å². The van der Waals surface area contributed by atoms with Crippen LogP contribution in [-0.2, 0) is 14.3 Å². The summed E-state index contributed by atoms with van der Waals surface area (Å²) < 4.78 is 5.45. The van der Waals surface area contributed by atoms with Gasteiger partial charge in [-0.2, -0.15) is 0 Å². The normalized spacial score (nSPS) is 24.5. The number of carbonyl (C=O) groups excluding carboxylic acids is 2. The molecule has 118 valence electrons. The highest BCUT2D eigenvalue weighted by Crippen LogP contribution is 2.24. The zero-order valence-electron chi connectivity index (χ0n) is 12.3. The van der Waals surface area contributed by atoms with Gasteiger partial charge in [0.2, 0.25) is 5.91 Å².